The summed E-state index contributed by atoms with van der Waals surface area (Å²) in [5.74, 6) is 8.59. The van der Waals surface area contributed by atoms with Crippen molar-refractivity contribution in [2.24, 2.45) is 11.8 Å². The topological polar surface area (TPSA) is 30.7 Å². The van der Waals surface area contributed by atoms with Crippen LogP contribution in [0.25, 0.3) is 60.8 Å². The van der Waals surface area contributed by atoms with Crippen molar-refractivity contribution >= 4 is 63.5 Å². The molecule has 0 N–H and O–H groups in total. The Morgan fingerprint density at radius 2 is 1.16 bits per heavy atom. The number of nitrogens with zero attached hydrogens (tertiary/aromatic N) is 3. The Balaban J connectivity index is 0.000000230. The summed E-state index contributed by atoms with van der Waals surface area (Å²) < 4.78 is 3.93. The molecule has 8 aromatic rings. The number of para-hydroxylation sites is 2. The van der Waals surface area contributed by atoms with Gasteiger partial charge in [-0.1, -0.05) is 117 Å². The van der Waals surface area contributed by atoms with Crippen LogP contribution >= 0.6 is 0 Å². The minimum atomic E-state index is -1.86. The van der Waals surface area contributed by atoms with Gasteiger partial charge in [0.05, 0.1) is 8.07 Å². The fraction of sp³-hybridized carbons (Fsp3) is 0.269. The number of benzene rings is 5. The van der Waals surface area contributed by atoms with E-state index >= 15 is 0 Å². The molecular weight excluding hydrogens is 960 g/mol. The average Bonchev–Trinajstić information content (AvgIpc) is 3.51. The average molecular weight is 1020 g/mol. The van der Waals surface area contributed by atoms with Crippen LogP contribution in [-0.2, 0) is 32.9 Å². The van der Waals surface area contributed by atoms with E-state index in [0.717, 1.165) is 41.0 Å². The van der Waals surface area contributed by atoms with Gasteiger partial charge in [0.1, 0.15) is 0 Å². The molecule has 3 aromatic heterocycles. The van der Waals surface area contributed by atoms with Crippen LogP contribution in [-0.4, -0.2) is 35.9 Å². The number of hydrogen-bond donors (Lipinski definition) is 0. The van der Waals surface area contributed by atoms with Crippen LogP contribution in [0, 0.1) is 24.0 Å². The molecule has 3 nitrogen and oxygen atoms in total. The van der Waals surface area contributed by atoms with Gasteiger partial charge in [-0.3, -0.25) is 0 Å². The Labute approximate surface area is 364 Å². The summed E-state index contributed by atoms with van der Waals surface area (Å²) in [5, 5.41) is 6.41. The Bertz CT molecular complexity index is 2610. The number of hydrogen-bond acceptors (Lipinski definition) is 2. The largest absolute Gasteiger partial charge is 0 e. The van der Waals surface area contributed by atoms with E-state index in [2.05, 4.69) is 191 Å². The summed E-state index contributed by atoms with van der Waals surface area (Å²) in [4.78, 5) is 9.72. The van der Waals surface area contributed by atoms with Gasteiger partial charge in [-0.05, 0) is 41.0 Å². The van der Waals surface area contributed by atoms with Gasteiger partial charge in [0.25, 0.3) is 0 Å². The molecule has 0 amide bonds. The summed E-state index contributed by atoms with van der Waals surface area (Å²) in [7, 11) is -1.50. The molecule has 0 spiro atoms. The normalized spacial score (nSPS) is 11.9. The maximum Gasteiger partial charge on any atom is 0 e. The molecule has 0 fully saturated rings. The standard InChI is InChI=1S/C34H33N2Si.C18H24GeN.Ir/c1-23(2)20-24-21-30(35-22-34(24)37(3,4)5)26-18-19-33(27-13-7-6-12-25(26)27)36-31-16-10-8-14-28(31)29-15-9-11-17-32(29)36;1-14(2)11-16-12-18(15-9-7-6-8-10-15)20-13-17(16)19(3,4)5;/h6-17,19,21-23H,20H2,1-5H3;6-9,12-14H,11H2,1-5H3;/q2*-1;. The Hall–Kier alpha value is -4.13. The zero-order chi connectivity index (χ0) is 40.5. The van der Waals surface area contributed by atoms with Gasteiger partial charge in [-0.15, -0.1) is 17.7 Å². The van der Waals surface area contributed by atoms with E-state index in [1.54, 1.807) is 4.40 Å². The minimum Gasteiger partial charge on any atom is 0 e. The van der Waals surface area contributed by atoms with Crippen LogP contribution in [0.2, 0.25) is 36.9 Å². The van der Waals surface area contributed by atoms with Gasteiger partial charge in [-0.25, -0.2) is 0 Å². The molecule has 0 saturated heterocycles. The molecule has 58 heavy (non-hydrogen) atoms. The Kier molecular flexibility index (Phi) is 13.5. The molecular formula is C52H57GeIrN3Si-2. The number of aromatic nitrogens is 3. The first kappa shape index (κ1) is 43.4. The van der Waals surface area contributed by atoms with Crippen molar-refractivity contribution in [2.45, 2.75) is 77.4 Å². The predicted molar refractivity (Wildman–Crippen MR) is 252 cm³/mol. The van der Waals surface area contributed by atoms with Crippen molar-refractivity contribution < 1.29 is 20.1 Å². The van der Waals surface area contributed by atoms with Gasteiger partial charge in [0.15, 0.2) is 0 Å². The first-order chi connectivity index (χ1) is 27.2. The summed E-state index contributed by atoms with van der Waals surface area (Å²) in [6.07, 6.45) is 6.50. The van der Waals surface area contributed by atoms with Crippen LogP contribution in [0.1, 0.15) is 38.8 Å². The molecule has 8 rings (SSSR count). The van der Waals surface area contributed by atoms with E-state index in [9.17, 15) is 0 Å². The van der Waals surface area contributed by atoms with Gasteiger partial charge < -0.3 is 9.55 Å². The molecule has 0 aliphatic carbocycles. The van der Waals surface area contributed by atoms with Crippen LogP contribution in [0.4, 0.5) is 0 Å². The van der Waals surface area contributed by atoms with Crippen LogP contribution in [0.15, 0.2) is 128 Å². The first-order valence-electron chi connectivity index (χ1n) is 20.6. The quantitative estimate of drug-likeness (QED) is 0.107. The maximum absolute atomic E-state index is 5.02. The molecule has 0 bridgehead atoms. The SMILES string of the molecule is CC(C)Cc1cc(-c2[c-]cc(-n3c4ccccc4c4ccccc43)c3ccccc23)ncc1[Si](C)(C)C.CC(C)Cc1cc(-c2[c-]cccc2)nc[c]1[Ge]([CH3])([CH3])[CH3].[Ir]. The second kappa shape index (κ2) is 18.0. The van der Waals surface area contributed by atoms with E-state index in [1.807, 2.05) is 18.2 Å². The Morgan fingerprint density at radius 3 is 1.72 bits per heavy atom. The molecule has 3 heterocycles. The molecule has 5 aromatic carbocycles. The smallest absolute Gasteiger partial charge is 0 e. The van der Waals surface area contributed by atoms with Crippen LogP contribution < -0.4 is 9.58 Å². The van der Waals surface area contributed by atoms with Gasteiger partial charge in [0, 0.05) is 48.1 Å². The number of rotatable bonds is 9. The van der Waals surface area contributed by atoms with Crippen LogP contribution in [0.5, 0.6) is 0 Å². The molecule has 0 atom stereocenters. The Morgan fingerprint density at radius 1 is 0.621 bits per heavy atom. The molecule has 0 aliphatic heterocycles. The third-order valence-corrected chi connectivity index (χ3v) is 17.1. The summed E-state index contributed by atoms with van der Waals surface area (Å²) >= 11 is -1.86. The third-order valence-electron chi connectivity index (χ3n) is 10.7. The van der Waals surface area contributed by atoms with Crippen molar-refractivity contribution in [1.29, 1.82) is 0 Å². The molecule has 0 unspecified atom stereocenters. The van der Waals surface area contributed by atoms with Crippen LogP contribution in [0.3, 0.4) is 0 Å². The zero-order valence-electron chi connectivity index (χ0n) is 35.9. The van der Waals surface area contributed by atoms with Crippen molar-refractivity contribution in [2.75, 3.05) is 0 Å². The van der Waals surface area contributed by atoms with E-state index in [0.29, 0.717) is 11.8 Å². The molecule has 0 saturated carbocycles. The minimum absolute atomic E-state index is 0. The van der Waals surface area contributed by atoms with E-state index in [4.69, 9.17) is 9.97 Å². The fourth-order valence-corrected chi connectivity index (χ4v) is 13.1. The monoisotopic (exact) mass is 1020 g/mol. The van der Waals surface area contributed by atoms with Crippen molar-refractivity contribution in [3.63, 3.8) is 0 Å². The molecule has 1 radical (unpaired) electrons. The van der Waals surface area contributed by atoms with Crippen molar-refractivity contribution in [3.8, 4) is 28.2 Å². The van der Waals surface area contributed by atoms with Gasteiger partial charge in [-0.2, -0.15) is 0 Å². The molecule has 299 valence electrons. The molecule has 0 aliphatic rings. The van der Waals surface area contributed by atoms with Crippen molar-refractivity contribution in [3.05, 3.63) is 151 Å². The third kappa shape index (κ3) is 9.34. The predicted octanol–water partition coefficient (Wildman–Crippen LogP) is 12.8. The second-order valence-electron chi connectivity index (χ2n) is 18.4. The first-order valence-corrected chi connectivity index (χ1v) is 31.4. The summed E-state index contributed by atoms with van der Waals surface area (Å²) in [6, 6.07) is 47.9. The van der Waals surface area contributed by atoms with Gasteiger partial charge in [0.2, 0.25) is 0 Å². The summed E-state index contributed by atoms with van der Waals surface area (Å²) in [5.41, 5.74) is 10.8. The van der Waals surface area contributed by atoms with Crippen molar-refractivity contribution in [1.82, 2.24) is 14.5 Å². The fourth-order valence-electron chi connectivity index (χ4n) is 8.20. The van der Waals surface area contributed by atoms with E-state index in [1.165, 1.54) is 48.9 Å². The van der Waals surface area contributed by atoms with E-state index < -0.39 is 21.3 Å². The zero-order valence-corrected chi connectivity index (χ0v) is 41.4. The van der Waals surface area contributed by atoms with E-state index in [-0.39, 0.29) is 20.1 Å². The molecule has 6 heteroatoms. The second-order valence-corrected chi connectivity index (χ2v) is 34.0. The maximum atomic E-state index is 5.02. The summed E-state index contributed by atoms with van der Waals surface area (Å²) in [6.45, 7) is 16.4. The van der Waals surface area contributed by atoms with Gasteiger partial charge >= 0.3 is 126 Å². The number of pyridine rings is 2. The number of fused-ring (bicyclic) bond motifs is 4.